The Morgan fingerprint density at radius 3 is 2.74 bits per heavy atom. The van der Waals surface area contributed by atoms with Gasteiger partial charge in [0.25, 0.3) is 0 Å². The Hall–Kier alpha value is -3.61. The fourth-order valence-corrected chi connectivity index (χ4v) is 3.00. The molecule has 7 nitrogen and oxygen atoms in total. The van der Waals surface area contributed by atoms with Crippen LogP contribution < -0.4 is 15.4 Å². The topological polar surface area (TPSA) is 87.8 Å². The minimum absolute atomic E-state index is 0.538. The number of hydrogen-bond donors (Lipinski definition) is 3. The first kappa shape index (κ1) is 16.8. The zero-order chi connectivity index (χ0) is 18.8. The number of H-pyrrole nitrogens is 1. The van der Waals surface area contributed by atoms with Gasteiger partial charge in [-0.25, -0.2) is 4.98 Å². The minimum atomic E-state index is 0.538. The van der Waals surface area contributed by atoms with Gasteiger partial charge in [-0.15, -0.1) is 0 Å². The van der Waals surface area contributed by atoms with Gasteiger partial charge < -0.3 is 20.4 Å². The van der Waals surface area contributed by atoms with Gasteiger partial charge >= 0.3 is 0 Å². The Labute approximate surface area is 156 Å². The van der Waals surface area contributed by atoms with Crippen LogP contribution in [0.3, 0.4) is 0 Å². The molecule has 0 unspecified atom stereocenters. The second kappa shape index (κ2) is 6.95. The molecule has 3 aromatic heterocycles. The van der Waals surface area contributed by atoms with Gasteiger partial charge in [0.2, 0.25) is 5.95 Å². The van der Waals surface area contributed by atoms with Crippen molar-refractivity contribution in [2.24, 2.45) is 0 Å². The fourth-order valence-electron chi connectivity index (χ4n) is 3.00. The summed E-state index contributed by atoms with van der Waals surface area (Å²) in [5.41, 5.74) is 4.68. The normalized spacial score (nSPS) is 10.8. The molecule has 3 heterocycles. The number of anilines is 3. The van der Waals surface area contributed by atoms with Crippen LogP contribution in [0.1, 0.15) is 5.69 Å². The first-order valence-electron chi connectivity index (χ1n) is 8.58. The molecule has 0 atom stereocenters. The average Bonchev–Trinajstić information content (AvgIpc) is 3.11. The summed E-state index contributed by atoms with van der Waals surface area (Å²) in [6.07, 6.45) is 3.61. The molecule has 4 rings (SSSR count). The molecule has 3 N–H and O–H groups in total. The Kier molecular flexibility index (Phi) is 4.33. The first-order valence-corrected chi connectivity index (χ1v) is 8.58. The third-order valence-electron chi connectivity index (χ3n) is 4.28. The largest absolute Gasteiger partial charge is 0.496 e. The quantitative estimate of drug-likeness (QED) is 0.496. The Bertz CT molecular complexity index is 1070. The highest BCUT2D eigenvalue weighted by atomic mass is 16.5. The van der Waals surface area contributed by atoms with Crippen molar-refractivity contribution in [3.63, 3.8) is 0 Å². The van der Waals surface area contributed by atoms with Gasteiger partial charge in [-0.1, -0.05) is 0 Å². The van der Waals surface area contributed by atoms with Gasteiger partial charge in [-0.05, 0) is 37.3 Å². The minimum Gasteiger partial charge on any atom is -0.496 e. The molecule has 7 heteroatoms. The summed E-state index contributed by atoms with van der Waals surface area (Å²) in [5, 5.41) is 7.36. The summed E-state index contributed by atoms with van der Waals surface area (Å²) in [5.74, 6) is 2.08. The summed E-state index contributed by atoms with van der Waals surface area (Å²) in [6, 6.07) is 11.8. The van der Waals surface area contributed by atoms with Crippen LogP contribution in [0.15, 0.2) is 48.8 Å². The number of pyridine rings is 1. The van der Waals surface area contributed by atoms with Crippen LogP contribution in [0.25, 0.3) is 22.2 Å². The second-order valence-corrected chi connectivity index (χ2v) is 6.15. The molecule has 0 aliphatic heterocycles. The molecular weight excluding hydrogens is 340 g/mol. The number of aromatic nitrogens is 4. The molecule has 4 aromatic rings. The smallest absolute Gasteiger partial charge is 0.229 e. The summed E-state index contributed by atoms with van der Waals surface area (Å²) < 4.78 is 5.55. The highest BCUT2D eigenvalue weighted by molar-refractivity contribution is 5.87. The fraction of sp³-hybridized carbons (Fsp3) is 0.150. The molecule has 0 saturated heterocycles. The first-order chi connectivity index (χ1) is 13.2. The van der Waals surface area contributed by atoms with Gasteiger partial charge in [0, 0.05) is 53.4 Å². The molecule has 136 valence electrons. The van der Waals surface area contributed by atoms with Crippen molar-refractivity contribution in [1.82, 2.24) is 19.9 Å². The van der Waals surface area contributed by atoms with Gasteiger partial charge in [0.15, 0.2) is 0 Å². The maximum Gasteiger partial charge on any atom is 0.229 e. The van der Waals surface area contributed by atoms with E-state index >= 15 is 0 Å². The van der Waals surface area contributed by atoms with Crippen molar-refractivity contribution in [3.05, 3.63) is 54.5 Å². The van der Waals surface area contributed by atoms with E-state index in [0.717, 1.165) is 45.1 Å². The van der Waals surface area contributed by atoms with E-state index in [-0.39, 0.29) is 0 Å². The predicted octanol–water partition coefficient (Wildman–Crippen LogP) is 4.12. The summed E-state index contributed by atoms with van der Waals surface area (Å²) >= 11 is 0. The van der Waals surface area contributed by atoms with Crippen LogP contribution in [-0.2, 0) is 0 Å². The van der Waals surface area contributed by atoms with Gasteiger partial charge in [0.1, 0.15) is 11.6 Å². The van der Waals surface area contributed by atoms with Crippen molar-refractivity contribution in [2.75, 3.05) is 24.8 Å². The number of nitrogens with zero attached hydrogens (tertiary/aromatic N) is 3. The molecular formula is C20H20N6O. The van der Waals surface area contributed by atoms with E-state index in [0.29, 0.717) is 5.95 Å². The van der Waals surface area contributed by atoms with E-state index in [4.69, 9.17) is 4.74 Å². The van der Waals surface area contributed by atoms with Crippen molar-refractivity contribution in [3.8, 4) is 17.0 Å². The van der Waals surface area contributed by atoms with Crippen LogP contribution >= 0.6 is 0 Å². The summed E-state index contributed by atoms with van der Waals surface area (Å²) in [6.45, 7) is 1.94. The van der Waals surface area contributed by atoms with Crippen LogP contribution in [-0.4, -0.2) is 34.1 Å². The van der Waals surface area contributed by atoms with Gasteiger partial charge in [0.05, 0.1) is 12.8 Å². The maximum absolute atomic E-state index is 5.55. The number of fused-ring (bicyclic) bond motifs is 1. The zero-order valence-corrected chi connectivity index (χ0v) is 15.4. The molecule has 27 heavy (non-hydrogen) atoms. The number of methoxy groups -OCH3 is 1. The third-order valence-corrected chi connectivity index (χ3v) is 4.28. The third kappa shape index (κ3) is 3.39. The number of aromatic amines is 1. The maximum atomic E-state index is 5.55. The monoisotopic (exact) mass is 360 g/mol. The standard InChI is InChI=1S/C20H20N6O/c1-12-8-19(21-2)26-20(23-12)24-14-4-5-18(27-3)15(10-14)17-9-13-11-22-7-6-16(13)25-17/h4-11,25H,1-3H3,(H2,21,23,24,26). The van der Waals surface area contributed by atoms with Crippen LogP contribution in [0.5, 0.6) is 5.75 Å². The number of aryl methyl sites for hydroxylation is 1. The van der Waals surface area contributed by atoms with E-state index in [2.05, 4.69) is 36.6 Å². The predicted molar refractivity (Wildman–Crippen MR) is 108 cm³/mol. The highest BCUT2D eigenvalue weighted by Gasteiger charge is 2.11. The number of hydrogen-bond acceptors (Lipinski definition) is 6. The number of nitrogens with one attached hydrogen (secondary N) is 3. The Morgan fingerprint density at radius 1 is 1.07 bits per heavy atom. The lowest BCUT2D eigenvalue weighted by atomic mass is 10.1. The lowest BCUT2D eigenvalue weighted by Crippen LogP contribution is -2.02. The van der Waals surface area contributed by atoms with Crippen molar-refractivity contribution in [2.45, 2.75) is 6.92 Å². The van der Waals surface area contributed by atoms with E-state index in [1.807, 2.05) is 50.5 Å². The second-order valence-electron chi connectivity index (χ2n) is 6.15. The van der Waals surface area contributed by atoms with E-state index in [1.54, 1.807) is 13.3 Å². The molecule has 1 aromatic carbocycles. The molecule has 0 aliphatic rings. The van der Waals surface area contributed by atoms with Crippen LogP contribution in [0, 0.1) is 6.92 Å². The average molecular weight is 360 g/mol. The molecule has 0 spiro atoms. The Balaban J connectivity index is 1.73. The molecule has 0 saturated carbocycles. The number of benzene rings is 1. The molecule has 0 aliphatic carbocycles. The highest BCUT2D eigenvalue weighted by Crippen LogP contribution is 2.34. The SMILES string of the molecule is CNc1cc(C)nc(Nc2ccc(OC)c(-c3cc4cnccc4[nH]3)c2)n1. The van der Waals surface area contributed by atoms with Crippen LogP contribution in [0.4, 0.5) is 17.5 Å². The lowest BCUT2D eigenvalue weighted by molar-refractivity contribution is 0.416. The molecule has 0 radical (unpaired) electrons. The Morgan fingerprint density at radius 2 is 1.96 bits per heavy atom. The summed E-state index contributed by atoms with van der Waals surface area (Å²) in [4.78, 5) is 16.5. The molecule has 0 amide bonds. The zero-order valence-electron chi connectivity index (χ0n) is 15.4. The van der Waals surface area contributed by atoms with E-state index in [9.17, 15) is 0 Å². The van der Waals surface area contributed by atoms with Crippen molar-refractivity contribution < 1.29 is 4.74 Å². The molecule has 0 fully saturated rings. The number of ether oxygens (including phenoxy) is 1. The van der Waals surface area contributed by atoms with Crippen molar-refractivity contribution in [1.29, 1.82) is 0 Å². The van der Waals surface area contributed by atoms with Gasteiger partial charge in [-0.3, -0.25) is 4.98 Å². The lowest BCUT2D eigenvalue weighted by Gasteiger charge is -2.12. The van der Waals surface area contributed by atoms with E-state index < -0.39 is 0 Å². The van der Waals surface area contributed by atoms with Crippen molar-refractivity contribution >= 4 is 28.4 Å². The van der Waals surface area contributed by atoms with Gasteiger partial charge in [-0.2, -0.15) is 4.98 Å². The van der Waals surface area contributed by atoms with Crippen LogP contribution in [0.2, 0.25) is 0 Å². The molecule has 0 bridgehead atoms. The summed E-state index contributed by atoms with van der Waals surface area (Å²) in [7, 11) is 3.50. The number of rotatable bonds is 5. The van der Waals surface area contributed by atoms with E-state index in [1.165, 1.54) is 0 Å².